The zero-order valence-corrected chi connectivity index (χ0v) is 14.3. The van der Waals surface area contributed by atoms with E-state index in [4.69, 9.17) is 5.73 Å². The molecule has 0 fully saturated rings. The molecule has 2 N–H and O–H groups in total. The van der Waals surface area contributed by atoms with Crippen LogP contribution >= 0.6 is 15.9 Å². The molecule has 0 radical (unpaired) electrons. The predicted octanol–water partition coefficient (Wildman–Crippen LogP) is 1.27. The Kier molecular flexibility index (Phi) is 5.71. The molecule has 1 rings (SSSR count). The number of sulfonamides is 1. The highest BCUT2D eigenvalue weighted by Gasteiger charge is 2.28. The van der Waals surface area contributed by atoms with Crippen molar-refractivity contribution in [1.29, 1.82) is 0 Å². The maximum absolute atomic E-state index is 13.3. The van der Waals surface area contributed by atoms with E-state index in [9.17, 15) is 17.6 Å². The number of rotatable bonds is 5. The van der Waals surface area contributed by atoms with Gasteiger partial charge in [-0.15, -0.1) is 0 Å². The van der Waals surface area contributed by atoms with Crippen LogP contribution in [0.3, 0.4) is 0 Å². The summed E-state index contributed by atoms with van der Waals surface area (Å²) in [5, 5.41) is 0. The molecule has 0 bridgehead atoms. The molecule has 0 spiro atoms. The molecule has 1 amide bonds. The normalized spacial score (nSPS) is 11.7. The quantitative estimate of drug-likeness (QED) is 0.778. The largest absolute Gasteiger partial charge is 0.396 e. The number of likely N-dealkylation sites (N-methyl/N-ethyl adjacent to an activating group) is 2. The lowest BCUT2D eigenvalue weighted by atomic mass is 10.3. The number of amides is 1. The van der Waals surface area contributed by atoms with Crippen LogP contribution < -0.4 is 5.73 Å². The zero-order chi connectivity index (χ0) is 16.4. The van der Waals surface area contributed by atoms with E-state index < -0.39 is 15.8 Å². The van der Waals surface area contributed by atoms with Crippen LogP contribution in [0.4, 0.5) is 10.1 Å². The van der Waals surface area contributed by atoms with Gasteiger partial charge >= 0.3 is 0 Å². The molecule has 0 aromatic heterocycles. The second kappa shape index (κ2) is 6.71. The maximum atomic E-state index is 13.3. The lowest BCUT2D eigenvalue weighted by molar-refractivity contribution is -0.128. The summed E-state index contributed by atoms with van der Waals surface area (Å²) in [6.07, 6.45) is 0. The van der Waals surface area contributed by atoms with Gasteiger partial charge in [-0.25, -0.2) is 12.8 Å². The zero-order valence-electron chi connectivity index (χ0n) is 11.9. The second-order valence-electron chi connectivity index (χ2n) is 4.52. The number of nitrogens with two attached hydrogens (primary N) is 1. The number of carbonyl (C=O) groups is 1. The Morgan fingerprint density at radius 3 is 2.43 bits per heavy atom. The van der Waals surface area contributed by atoms with Crippen LogP contribution in [-0.4, -0.2) is 50.7 Å². The fraction of sp³-hybridized carbons (Fsp3) is 0.417. The topological polar surface area (TPSA) is 83.7 Å². The Hall–Kier alpha value is -1.19. The highest BCUT2D eigenvalue weighted by atomic mass is 79.9. The number of halogens is 2. The van der Waals surface area contributed by atoms with Crippen LogP contribution in [0.25, 0.3) is 0 Å². The van der Waals surface area contributed by atoms with Gasteiger partial charge in [-0.2, -0.15) is 4.31 Å². The van der Waals surface area contributed by atoms with Crippen molar-refractivity contribution in [2.45, 2.75) is 11.8 Å². The third kappa shape index (κ3) is 3.92. The summed E-state index contributed by atoms with van der Waals surface area (Å²) < 4.78 is 39.5. The van der Waals surface area contributed by atoms with Crippen molar-refractivity contribution < 1.29 is 17.6 Å². The fourth-order valence-corrected chi connectivity index (χ4v) is 3.95. The highest BCUT2D eigenvalue weighted by Crippen LogP contribution is 2.29. The lowest BCUT2D eigenvalue weighted by Crippen LogP contribution is -2.40. The van der Waals surface area contributed by atoms with Crippen LogP contribution in [0, 0.1) is 5.82 Å². The van der Waals surface area contributed by atoms with Crippen LogP contribution in [0.15, 0.2) is 21.5 Å². The molecule has 0 saturated heterocycles. The molecule has 0 atom stereocenters. The fourth-order valence-electron chi connectivity index (χ4n) is 1.54. The molecule has 9 heteroatoms. The summed E-state index contributed by atoms with van der Waals surface area (Å²) in [4.78, 5) is 12.8. The Balaban J connectivity index is 3.25. The van der Waals surface area contributed by atoms with E-state index in [1.807, 2.05) is 0 Å². The number of nitrogen functional groups attached to an aromatic ring is 1. The minimum atomic E-state index is -3.96. The van der Waals surface area contributed by atoms with Crippen LogP contribution in [0.2, 0.25) is 0 Å². The summed E-state index contributed by atoms with van der Waals surface area (Å²) in [6, 6.07) is 2.03. The molecule has 0 saturated carbocycles. The van der Waals surface area contributed by atoms with Gasteiger partial charge in [0.1, 0.15) is 5.82 Å². The van der Waals surface area contributed by atoms with E-state index in [2.05, 4.69) is 15.9 Å². The van der Waals surface area contributed by atoms with E-state index >= 15 is 0 Å². The third-order valence-corrected chi connectivity index (χ3v) is 5.71. The van der Waals surface area contributed by atoms with Gasteiger partial charge in [-0.05, 0) is 28.1 Å². The van der Waals surface area contributed by atoms with Gasteiger partial charge in [-0.1, -0.05) is 6.92 Å². The van der Waals surface area contributed by atoms with Gasteiger partial charge in [0.05, 0.1) is 17.1 Å². The highest BCUT2D eigenvalue weighted by molar-refractivity contribution is 9.10. The Morgan fingerprint density at radius 1 is 1.38 bits per heavy atom. The average Bonchev–Trinajstić information content (AvgIpc) is 2.39. The van der Waals surface area contributed by atoms with E-state index in [1.165, 1.54) is 19.0 Å². The first-order chi connectivity index (χ1) is 9.61. The van der Waals surface area contributed by atoms with Crippen molar-refractivity contribution in [2.75, 3.05) is 32.9 Å². The first kappa shape index (κ1) is 17.9. The van der Waals surface area contributed by atoms with E-state index in [-0.39, 0.29) is 34.1 Å². The monoisotopic (exact) mass is 381 g/mol. The number of benzene rings is 1. The van der Waals surface area contributed by atoms with Crippen molar-refractivity contribution in [1.82, 2.24) is 9.21 Å². The minimum Gasteiger partial charge on any atom is -0.396 e. The average molecular weight is 382 g/mol. The molecule has 0 aliphatic rings. The first-order valence-corrected chi connectivity index (χ1v) is 8.29. The summed E-state index contributed by atoms with van der Waals surface area (Å²) in [5.41, 5.74) is 5.15. The van der Waals surface area contributed by atoms with Crippen molar-refractivity contribution in [3.05, 3.63) is 22.4 Å². The maximum Gasteiger partial charge on any atom is 0.244 e. The van der Waals surface area contributed by atoms with E-state index in [1.54, 1.807) is 6.92 Å². The van der Waals surface area contributed by atoms with Crippen molar-refractivity contribution in [2.24, 2.45) is 0 Å². The number of carbonyl (C=O) groups excluding carboxylic acids is 1. The molecular formula is C12H17BrFN3O3S. The summed E-state index contributed by atoms with van der Waals surface area (Å²) in [5.74, 6) is -1.07. The Morgan fingerprint density at radius 2 is 1.95 bits per heavy atom. The van der Waals surface area contributed by atoms with Crippen LogP contribution in [-0.2, 0) is 14.8 Å². The van der Waals surface area contributed by atoms with Crippen LogP contribution in [0.1, 0.15) is 6.92 Å². The van der Waals surface area contributed by atoms with Gasteiger partial charge in [0.2, 0.25) is 15.9 Å². The molecule has 0 unspecified atom stereocenters. The molecular weight excluding hydrogens is 365 g/mol. The number of nitrogens with zero attached hydrogens (tertiary/aromatic N) is 2. The smallest absolute Gasteiger partial charge is 0.244 e. The Labute approximate surface area is 131 Å². The minimum absolute atomic E-state index is 0.0601. The number of hydrogen-bond acceptors (Lipinski definition) is 4. The molecule has 118 valence electrons. The van der Waals surface area contributed by atoms with Gasteiger partial charge in [-0.3, -0.25) is 4.79 Å². The SMILES string of the molecule is CCN(CC(=O)N(C)C)S(=O)(=O)c1cc(N)c(F)cc1Br. The molecule has 0 aliphatic heterocycles. The third-order valence-electron chi connectivity index (χ3n) is 2.83. The molecule has 0 aliphatic carbocycles. The summed E-state index contributed by atoms with van der Waals surface area (Å²) in [6.45, 7) is 1.42. The van der Waals surface area contributed by atoms with Crippen molar-refractivity contribution in [3.63, 3.8) is 0 Å². The van der Waals surface area contributed by atoms with Crippen molar-refractivity contribution in [3.8, 4) is 0 Å². The Bertz CT molecular complexity index is 649. The van der Waals surface area contributed by atoms with E-state index in [0.717, 1.165) is 16.4 Å². The van der Waals surface area contributed by atoms with Gasteiger partial charge in [0.25, 0.3) is 0 Å². The van der Waals surface area contributed by atoms with Crippen molar-refractivity contribution >= 4 is 37.5 Å². The predicted molar refractivity (Wildman–Crippen MR) is 81.6 cm³/mol. The standard InChI is InChI=1S/C12H17BrFN3O3S/c1-4-17(7-12(18)16(2)3)21(19,20)11-6-10(15)9(14)5-8(11)13/h5-6H,4,7,15H2,1-3H3. The molecule has 21 heavy (non-hydrogen) atoms. The molecule has 1 aromatic rings. The summed E-state index contributed by atoms with van der Waals surface area (Å²) in [7, 11) is -0.885. The van der Waals surface area contributed by atoms with Gasteiger partial charge < -0.3 is 10.6 Å². The van der Waals surface area contributed by atoms with Gasteiger partial charge in [0.15, 0.2) is 0 Å². The molecule has 1 aromatic carbocycles. The van der Waals surface area contributed by atoms with E-state index in [0.29, 0.717) is 0 Å². The summed E-state index contributed by atoms with van der Waals surface area (Å²) >= 11 is 3.01. The van der Waals surface area contributed by atoms with Gasteiger partial charge in [0, 0.05) is 25.1 Å². The second-order valence-corrected chi connectivity index (χ2v) is 7.28. The molecule has 0 heterocycles. The lowest BCUT2D eigenvalue weighted by Gasteiger charge is -2.22. The first-order valence-electron chi connectivity index (χ1n) is 6.06. The molecule has 6 nitrogen and oxygen atoms in total. The number of hydrogen-bond donors (Lipinski definition) is 1. The number of anilines is 1. The van der Waals surface area contributed by atoms with Crippen LogP contribution in [0.5, 0.6) is 0 Å².